The molecule has 2 rings (SSSR count). The highest BCUT2D eigenvalue weighted by atomic mass is 16.2. The largest absolute Gasteiger partial charge is 0.327 e. The summed E-state index contributed by atoms with van der Waals surface area (Å²) >= 11 is 0. The van der Waals surface area contributed by atoms with E-state index in [1.807, 2.05) is 6.21 Å². The first-order chi connectivity index (χ1) is 6.74. The lowest BCUT2D eigenvalue weighted by Gasteiger charge is -2.30. The molecule has 0 aromatic rings. The lowest BCUT2D eigenvalue weighted by atomic mass is 9.71. The van der Waals surface area contributed by atoms with Crippen molar-refractivity contribution in [3.8, 4) is 0 Å². The zero-order valence-electron chi connectivity index (χ0n) is 8.71. The lowest BCUT2D eigenvalue weighted by molar-refractivity contribution is -0.129. The Balaban J connectivity index is 2.39. The van der Waals surface area contributed by atoms with Crippen LogP contribution in [0.4, 0.5) is 0 Å². The first-order valence-electron chi connectivity index (χ1n) is 5.27. The fraction of sp³-hybridized carbons (Fsp3) is 0.636. The number of allylic oxidation sites excluding steroid dienone is 1. The van der Waals surface area contributed by atoms with Crippen molar-refractivity contribution in [1.82, 2.24) is 5.32 Å². The predicted octanol–water partition coefficient (Wildman–Crippen LogP) is 1.85. The van der Waals surface area contributed by atoms with Gasteiger partial charge in [0.25, 0.3) is 0 Å². The first kappa shape index (κ1) is 9.44. The summed E-state index contributed by atoms with van der Waals surface area (Å²) in [4.78, 5) is 16.0. The third kappa shape index (κ3) is 1.04. The molecule has 3 heteroatoms. The number of nitrogens with one attached hydrogen (secondary N) is 1. The minimum atomic E-state index is -0.182. The number of aliphatic imine (C=N–C) groups is 1. The third-order valence-electron chi connectivity index (χ3n) is 3.67. The monoisotopic (exact) mass is 192 g/mol. The van der Waals surface area contributed by atoms with Gasteiger partial charge in [-0.15, -0.1) is 0 Å². The Hall–Kier alpha value is -1.12. The van der Waals surface area contributed by atoms with Crippen LogP contribution in [0.15, 0.2) is 16.9 Å². The number of fused-ring (bicyclic) bond motifs is 1. The van der Waals surface area contributed by atoms with E-state index in [4.69, 9.17) is 0 Å². The standard InChI is InChI=1S/C11H16N2O/c1-3-11(4-2)8-5-6-12-7-9(8)13-10(11)14/h6-8H,3-5H2,1-2H3,(H,13,14). The normalized spacial score (nSPS) is 28.3. The lowest BCUT2D eigenvalue weighted by Crippen LogP contribution is -2.34. The number of hydrogen-bond acceptors (Lipinski definition) is 2. The molecule has 1 saturated heterocycles. The van der Waals surface area contributed by atoms with Crippen LogP contribution < -0.4 is 5.32 Å². The molecule has 1 unspecified atom stereocenters. The van der Waals surface area contributed by atoms with E-state index in [-0.39, 0.29) is 11.3 Å². The van der Waals surface area contributed by atoms with Gasteiger partial charge in [-0.1, -0.05) is 13.8 Å². The fourth-order valence-electron chi connectivity index (χ4n) is 2.64. The molecule has 0 aromatic heterocycles. The van der Waals surface area contributed by atoms with E-state index < -0.39 is 0 Å². The molecule has 1 fully saturated rings. The maximum absolute atomic E-state index is 11.9. The molecule has 2 aliphatic heterocycles. The van der Waals surface area contributed by atoms with Gasteiger partial charge in [-0.05, 0) is 19.3 Å². The quantitative estimate of drug-likeness (QED) is 0.712. The maximum Gasteiger partial charge on any atom is 0.231 e. The van der Waals surface area contributed by atoms with Gasteiger partial charge in [0.1, 0.15) is 0 Å². The van der Waals surface area contributed by atoms with E-state index in [0.717, 1.165) is 25.0 Å². The zero-order chi connectivity index (χ0) is 10.2. The Morgan fingerprint density at radius 1 is 1.57 bits per heavy atom. The second kappa shape index (κ2) is 3.23. The highest BCUT2D eigenvalue weighted by Gasteiger charge is 2.50. The van der Waals surface area contributed by atoms with Gasteiger partial charge in [0, 0.05) is 24.0 Å². The smallest absolute Gasteiger partial charge is 0.231 e. The minimum absolute atomic E-state index is 0.182. The highest BCUT2D eigenvalue weighted by Crippen LogP contribution is 2.46. The van der Waals surface area contributed by atoms with Gasteiger partial charge in [0.05, 0.1) is 5.41 Å². The summed E-state index contributed by atoms with van der Waals surface area (Å²) in [5.41, 5.74) is 0.833. The molecule has 0 bridgehead atoms. The summed E-state index contributed by atoms with van der Waals surface area (Å²) in [7, 11) is 0. The summed E-state index contributed by atoms with van der Waals surface area (Å²) in [6.07, 6.45) is 6.41. The van der Waals surface area contributed by atoms with Crippen molar-refractivity contribution in [2.24, 2.45) is 16.3 Å². The minimum Gasteiger partial charge on any atom is -0.327 e. The van der Waals surface area contributed by atoms with Crippen LogP contribution in [0.3, 0.4) is 0 Å². The van der Waals surface area contributed by atoms with Gasteiger partial charge >= 0.3 is 0 Å². The van der Waals surface area contributed by atoms with Crippen molar-refractivity contribution in [2.45, 2.75) is 33.1 Å². The van der Waals surface area contributed by atoms with Gasteiger partial charge in [-0.2, -0.15) is 0 Å². The van der Waals surface area contributed by atoms with Crippen LogP contribution >= 0.6 is 0 Å². The zero-order valence-corrected chi connectivity index (χ0v) is 8.71. The van der Waals surface area contributed by atoms with Crippen LogP contribution in [0, 0.1) is 11.3 Å². The Labute approximate surface area is 84.3 Å². The summed E-state index contributed by atoms with van der Waals surface area (Å²) in [6, 6.07) is 0. The van der Waals surface area contributed by atoms with Crippen LogP contribution in [0.1, 0.15) is 33.1 Å². The van der Waals surface area contributed by atoms with Crippen LogP contribution in [0.2, 0.25) is 0 Å². The topological polar surface area (TPSA) is 41.5 Å². The molecular formula is C11H16N2O. The van der Waals surface area contributed by atoms with Crippen molar-refractivity contribution < 1.29 is 4.79 Å². The van der Waals surface area contributed by atoms with E-state index in [1.54, 1.807) is 6.20 Å². The van der Waals surface area contributed by atoms with E-state index >= 15 is 0 Å². The molecule has 0 aromatic carbocycles. The molecule has 0 aliphatic carbocycles. The predicted molar refractivity (Wildman–Crippen MR) is 55.8 cm³/mol. The Kier molecular flexibility index (Phi) is 2.17. The van der Waals surface area contributed by atoms with Crippen LogP contribution in [-0.4, -0.2) is 12.1 Å². The second-order valence-electron chi connectivity index (χ2n) is 4.02. The molecule has 14 heavy (non-hydrogen) atoms. The molecule has 2 heterocycles. The maximum atomic E-state index is 11.9. The number of carbonyl (C=O) groups excluding carboxylic acids is 1. The number of amides is 1. The first-order valence-corrected chi connectivity index (χ1v) is 5.27. The molecule has 3 nitrogen and oxygen atoms in total. The van der Waals surface area contributed by atoms with Gasteiger partial charge in [0.2, 0.25) is 5.91 Å². The van der Waals surface area contributed by atoms with Crippen LogP contribution in [0.25, 0.3) is 0 Å². The molecule has 2 aliphatic rings. The van der Waals surface area contributed by atoms with E-state index in [9.17, 15) is 4.79 Å². The molecule has 0 spiro atoms. The number of rotatable bonds is 2. The molecule has 1 atom stereocenters. The summed E-state index contributed by atoms with van der Waals surface area (Å²) < 4.78 is 0. The highest BCUT2D eigenvalue weighted by molar-refractivity contribution is 5.89. The van der Waals surface area contributed by atoms with E-state index in [1.165, 1.54) is 0 Å². The van der Waals surface area contributed by atoms with Crippen molar-refractivity contribution in [3.05, 3.63) is 11.9 Å². The summed E-state index contributed by atoms with van der Waals surface area (Å²) in [6.45, 7) is 4.19. The van der Waals surface area contributed by atoms with Crippen molar-refractivity contribution in [2.75, 3.05) is 0 Å². The molecule has 76 valence electrons. The molecule has 0 radical (unpaired) electrons. The number of nitrogens with zero attached hydrogens (tertiary/aromatic N) is 1. The second-order valence-corrected chi connectivity index (χ2v) is 4.02. The average molecular weight is 192 g/mol. The van der Waals surface area contributed by atoms with E-state index in [0.29, 0.717) is 5.92 Å². The van der Waals surface area contributed by atoms with Gasteiger partial charge in [-0.3, -0.25) is 9.79 Å². The number of hydrogen-bond donors (Lipinski definition) is 1. The van der Waals surface area contributed by atoms with Gasteiger partial charge < -0.3 is 5.32 Å². The van der Waals surface area contributed by atoms with Crippen molar-refractivity contribution in [3.63, 3.8) is 0 Å². The fourth-order valence-corrected chi connectivity index (χ4v) is 2.64. The average Bonchev–Trinajstić information content (AvgIpc) is 2.50. The van der Waals surface area contributed by atoms with Gasteiger partial charge in [-0.25, -0.2) is 0 Å². The van der Waals surface area contributed by atoms with Crippen molar-refractivity contribution in [1.29, 1.82) is 0 Å². The van der Waals surface area contributed by atoms with Gasteiger partial charge in [0.15, 0.2) is 0 Å². The Bertz CT molecular complexity index is 313. The SMILES string of the molecule is CCC1(CC)C(=O)NC2=CN=CCC21. The Morgan fingerprint density at radius 3 is 2.93 bits per heavy atom. The Morgan fingerprint density at radius 2 is 2.29 bits per heavy atom. The van der Waals surface area contributed by atoms with Crippen LogP contribution in [0.5, 0.6) is 0 Å². The summed E-state index contributed by atoms with van der Waals surface area (Å²) in [5.74, 6) is 0.520. The van der Waals surface area contributed by atoms with Crippen LogP contribution in [-0.2, 0) is 4.79 Å². The molecule has 1 amide bonds. The molecular weight excluding hydrogens is 176 g/mol. The molecule has 1 N–H and O–H groups in total. The number of carbonyl (C=O) groups is 1. The third-order valence-corrected chi connectivity index (χ3v) is 3.67. The molecule has 0 saturated carbocycles. The summed E-state index contributed by atoms with van der Waals surface area (Å²) in [5, 5.41) is 2.96. The van der Waals surface area contributed by atoms with E-state index in [2.05, 4.69) is 24.2 Å². The van der Waals surface area contributed by atoms with Crippen molar-refractivity contribution >= 4 is 12.1 Å².